The number of allylic oxidation sites excluding steroid dienone is 2. The Bertz CT molecular complexity index is 632. The molecule has 136 valence electrons. The summed E-state index contributed by atoms with van der Waals surface area (Å²) >= 11 is 0. The molecule has 0 bridgehead atoms. The van der Waals surface area contributed by atoms with Crippen molar-refractivity contribution in [2.75, 3.05) is 13.1 Å². The van der Waals surface area contributed by atoms with Gasteiger partial charge in [-0.2, -0.15) is 0 Å². The number of nitrogens with zero attached hydrogens (tertiary/aromatic N) is 1. The maximum Gasteiger partial charge on any atom is 0.168 e. The molecule has 0 aliphatic heterocycles. The van der Waals surface area contributed by atoms with Crippen LogP contribution in [0.4, 0.5) is 0 Å². The maximum absolute atomic E-state index is 12.8. The molecule has 0 N–H and O–H groups in total. The summed E-state index contributed by atoms with van der Waals surface area (Å²) in [6, 6.07) is 10.3. The first kappa shape index (κ1) is 19.4. The molecule has 0 aromatic heterocycles. The van der Waals surface area contributed by atoms with Crippen molar-refractivity contribution in [1.29, 1.82) is 0 Å². The van der Waals surface area contributed by atoms with Gasteiger partial charge in [-0.1, -0.05) is 51.1 Å². The molecule has 1 aliphatic carbocycles. The zero-order valence-corrected chi connectivity index (χ0v) is 16.3. The van der Waals surface area contributed by atoms with Gasteiger partial charge in [-0.15, -0.1) is 0 Å². The molecule has 0 radical (unpaired) electrons. The molecule has 3 heteroatoms. The van der Waals surface area contributed by atoms with Gasteiger partial charge in [0.05, 0.1) is 5.57 Å². The molecule has 1 unspecified atom stereocenters. The van der Waals surface area contributed by atoms with Crippen LogP contribution in [0.25, 0.3) is 0 Å². The van der Waals surface area contributed by atoms with E-state index in [-0.39, 0.29) is 22.9 Å². The number of carbonyl (C=O) groups is 2. The third-order valence-corrected chi connectivity index (χ3v) is 5.05. The van der Waals surface area contributed by atoms with E-state index in [0.29, 0.717) is 18.4 Å². The summed E-state index contributed by atoms with van der Waals surface area (Å²) in [5, 5.41) is 0. The topological polar surface area (TPSA) is 37.4 Å². The summed E-state index contributed by atoms with van der Waals surface area (Å²) in [6.07, 6.45) is 1.74. The van der Waals surface area contributed by atoms with Gasteiger partial charge in [0.1, 0.15) is 0 Å². The fourth-order valence-electron chi connectivity index (χ4n) is 3.89. The standard InChI is InChI=1S/C22H31NO2/c1-6-23(7-2)21(16(3)13-17-11-9-8-10-12-17)20-18(24)14-22(4,5)15-19(20)25/h8-12,16H,6-7,13-15H2,1-5H3. The highest BCUT2D eigenvalue weighted by molar-refractivity contribution is 6.22. The molecular weight excluding hydrogens is 310 g/mol. The van der Waals surface area contributed by atoms with Crippen LogP contribution in [0.1, 0.15) is 53.0 Å². The summed E-state index contributed by atoms with van der Waals surface area (Å²) in [6.45, 7) is 11.9. The third-order valence-electron chi connectivity index (χ3n) is 5.05. The lowest BCUT2D eigenvalue weighted by molar-refractivity contribution is -0.127. The molecular formula is C22H31NO2. The number of hydrogen-bond acceptors (Lipinski definition) is 3. The molecule has 3 nitrogen and oxygen atoms in total. The molecule has 25 heavy (non-hydrogen) atoms. The quantitative estimate of drug-likeness (QED) is 0.568. The van der Waals surface area contributed by atoms with Gasteiger partial charge in [-0.05, 0) is 31.2 Å². The molecule has 1 aromatic rings. The van der Waals surface area contributed by atoms with Crippen LogP contribution in [0.3, 0.4) is 0 Å². The predicted octanol–water partition coefficient (Wildman–Crippen LogP) is 4.42. The molecule has 1 aliphatic rings. The van der Waals surface area contributed by atoms with E-state index in [2.05, 4.69) is 37.8 Å². The van der Waals surface area contributed by atoms with Crippen molar-refractivity contribution in [3.63, 3.8) is 0 Å². The Morgan fingerprint density at radius 1 is 1.04 bits per heavy atom. The zero-order chi connectivity index (χ0) is 18.6. The van der Waals surface area contributed by atoms with Gasteiger partial charge in [0.15, 0.2) is 11.6 Å². The summed E-state index contributed by atoms with van der Waals surface area (Å²) in [5.74, 6) is 0.164. The summed E-state index contributed by atoms with van der Waals surface area (Å²) in [4.78, 5) is 27.9. The van der Waals surface area contributed by atoms with Gasteiger partial charge >= 0.3 is 0 Å². The largest absolute Gasteiger partial charge is 0.374 e. The molecule has 0 spiro atoms. The van der Waals surface area contributed by atoms with Crippen molar-refractivity contribution in [2.24, 2.45) is 11.3 Å². The average molecular weight is 341 g/mol. The lowest BCUT2D eigenvalue weighted by Gasteiger charge is -2.35. The van der Waals surface area contributed by atoms with Gasteiger partial charge in [0, 0.05) is 37.5 Å². The van der Waals surface area contributed by atoms with Crippen molar-refractivity contribution >= 4 is 11.6 Å². The van der Waals surface area contributed by atoms with Crippen LogP contribution in [-0.2, 0) is 16.0 Å². The van der Waals surface area contributed by atoms with Crippen LogP contribution in [-0.4, -0.2) is 29.6 Å². The van der Waals surface area contributed by atoms with Gasteiger partial charge in [0.2, 0.25) is 0 Å². The second kappa shape index (κ2) is 7.99. The van der Waals surface area contributed by atoms with E-state index in [4.69, 9.17) is 0 Å². The second-order valence-electron chi connectivity index (χ2n) is 7.89. The van der Waals surface area contributed by atoms with E-state index < -0.39 is 0 Å². The minimum atomic E-state index is -0.227. The molecule has 1 fully saturated rings. The number of ketones is 2. The Labute approximate surface area is 152 Å². The second-order valence-corrected chi connectivity index (χ2v) is 7.89. The lowest BCUT2D eigenvalue weighted by atomic mass is 9.72. The first-order chi connectivity index (χ1) is 11.8. The summed E-state index contributed by atoms with van der Waals surface area (Å²) < 4.78 is 0. The Morgan fingerprint density at radius 2 is 1.56 bits per heavy atom. The molecule has 1 atom stereocenters. The highest BCUT2D eigenvalue weighted by atomic mass is 16.2. The number of rotatable bonds is 6. The SMILES string of the molecule is CCN(CC)C(=C1C(=O)CC(C)(C)CC1=O)C(C)Cc1ccccc1. The number of Topliss-reactive ketones (excluding diaryl/α,β-unsaturated/α-hetero) is 2. The van der Waals surface area contributed by atoms with Crippen LogP contribution in [0.2, 0.25) is 0 Å². The minimum Gasteiger partial charge on any atom is -0.374 e. The van der Waals surface area contributed by atoms with Crippen LogP contribution in [0, 0.1) is 11.3 Å². The molecule has 1 saturated carbocycles. The minimum absolute atomic E-state index is 0.0167. The van der Waals surface area contributed by atoms with Crippen LogP contribution >= 0.6 is 0 Å². The molecule has 2 rings (SSSR count). The van der Waals surface area contributed by atoms with E-state index in [9.17, 15) is 9.59 Å². The Hall–Kier alpha value is -1.90. The highest BCUT2D eigenvalue weighted by Gasteiger charge is 2.39. The fourth-order valence-corrected chi connectivity index (χ4v) is 3.89. The van der Waals surface area contributed by atoms with Gasteiger partial charge in [-0.25, -0.2) is 0 Å². The first-order valence-corrected chi connectivity index (χ1v) is 9.38. The smallest absolute Gasteiger partial charge is 0.168 e. The average Bonchev–Trinajstić information content (AvgIpc) is 2.53. The van der Waals surface area contributed by atoms with Gasteiger partial charge < -0.3 is 4.90 Å². The third kappa shape index (κ3) is 4.59. The number of carbonyl (C=O) groups excluding carboxylic acids is 2. The van der Waals surface area contributed by atoms with Crippen LogP contribution in [0.5, 0.6) is 0 Å². The molecule has 0 saturated heterocycles. The predicted molar refractivity (Wildman–Crippen MR) is 102 cm³/mol. The van der Waals surface area contributed by atoms with Gasteiger partial charge in [-0.3, -0.25) is 9.59 Å². The van der Waals surface area contributed by atoms with Crippen molar-refractivity contribution in [1.82, 2.24) is 4.90 Å². The van der Waals surface area contributed by atoms with E-state index in [1.807, 2.05) is 32.0 Å². The van der Waals surface area contributed by atoms with Crippen molar-refractivity contribution < 1.29 is 9.59 Å². The van der Waals surface area contributed by atoms with E-state index >= 15 is 0 Å². The highest BCUT2D eigenvalue weighted by Crippen LogP contribution is 2.37. The molecule has 1 aromatic carbocycles. The maximum atomic E-state index is 12.8. The zero-order valence-electron chi connectivity index (χ0n) is 16.3. The monoisotopic (exact) mass is 341 g/mol. The van der Waals surface area contributed by atoms with Crippen LogP contribution < -0.4 is 0 Å². The summed E-state index contributed by atoms with van der Waals surface area (Å²) in [7, 11) is 0. The fraction of sp³-hybridized carbons (Fsp3) is 0.545. The molecule has 0 heterocycles. The van der Waals surface area contributed by atoms with E-state index in [1.54, 1.807) is 0 Å². The molecule has 0 amide bonds. The van der Waals surface area contributed by atoms with Crippen molar-refractivity contribution in [3.8, 4) is 0 Å². The normalized spacial score (nSPS) is 18.2. The van der Waals surface area contributed by atoms with E-state index in [1.165, 1.54) is 5.56 Å². The Balaban J connectivity index is 2.45. The first-order valence-electron chi connectivity index (χ1n) is 9.38. The van der Waals surface area contributed by atoms with Gasteiger partial charge in [0.25, 0.3) is 0 Å². The van der Waals surface area contributed by atoms with Crippen LogP contribution in [0.15, 0.2) is 41.6 Å². The lowest BCUT2D eigenvalue weighted by Crippen LogP contribution is -2.37. The Morgan fingerprint density at radius 3 is 2.04 bits per heavy atom. The van der Waals surface area contributed by atoms with Crippen molar-refractivity contribution in [3.05, 3.63) is 47.2 Å². The van der Waals surface area contributed by atoms with E-state index in [0.717, 1.165) is 25.2 Å². The Kier molecular flexibility index (Phi) is 6.21. The summed E-state index contributed by atoms with van der Waals surface area (Å²) in [5.41, 5.74) is 2.41. The number of benzene rings is 1. The van der Waals surface area contributed by atoms with Crippen molar-refractivity contribution in [2.45, 2.75) is 53.9 Å². The number of hydrogen-bond donors (Lipinski definition) is 0.